The van der Waals surface area contributed by atoms with Gasteiger partial charge in [0, 0.05) is 23.4 Å². The molecule has 2 rings (SSSR count). The molecular weight excluding hydrogens is 290 g/mol. The Bertz CT molecular complexity index is 498. The normalized spacial score (nSPS) is 17.5. The molecule has 2 N–H and O–H groups in total. The number of carbonyl (C=O) groups is 1. The summed E-state index contributed by atoms with van der Waals surface area (Å²) in [5, 5.41) is 13.8. The highest BCUT2D eigenvalue weighted by atomic mass is 35.5. The molecule has 0 radical (unpaired) electrons. The highest BCUT2D eigenvalue weighted by molar-refractivity contribution is 6.31. The zero-order valence-electron chi connectivity index (χ0n) is 12.3. The van der Waals surface area contributed by atoms with Gasteiger partial charge in [-0.3, -0.25) is 4.79 Å². The van der Waals surface area contributed by atoms with Crippen LogP contribution in [0.5, 0.6) is 0 Å². The molecule has 1 aromatic carbocycles. The van der Waals surface area contributed by atoms with Crippen LogP contribution in [0, 0.1) is 0 Å². The largest absolute Gasteiger partial charge is 0.389 e. The van der Waals surface area contributed by atoms with E-state index in [2.05, 4.69) is 5.32 Å². The zero-order chi connectivity index (χ0) is 15.3. The Hall–Kier alpha value is -1.10. The maximum absolute atomic E-state index is 12.2. The van der Waals surface area contributed by atoms with E-state index in [1.54, 1.807) is 25.3 Å². The first-order valence-corrected chi connectivity index (χ1v) is 7.70. The fourth-order valence-electron chi connectivity index (χ4n) is 2.85. The van der Waals surface area contributed by atoms with Crippen molar-refractivity contribution in [3.63, 3.8) is 0 Å². The third-order valence-corrected chi connectivity index (χ3v) is 4.31. The minimum absolute atomic E-state index is 0.131. The van der Waals surface area contributed by atoms with E-state index in [0.717, 1.165) is 24.8 Å². The smallest absolute Gasteiger partial charge is 0.227 e. The number of anilines is 1. The fraction of sp³-hybridized carbons (Fsp3) is 0.562. The van der Waals surface area contributed by atoms with E-state index in [1.807, 2.05) is 0 Å². The van der Waals surface area contributed by atoms with Crippen LogP contribution in [0.25, 0.3) is 0 Å². The summed E-state index contributed by atoms with van der Waals surface area (Å²) in [4.78, 5) is 12.2. The molecule has 0 spiro atoms. The van der Waals surface area contributed by atoms with E-state index in [1.165, 1.54) is 0 Å². The van der Waals surface area contributed by atoms with Gasteiger partial charge < -0.3 is 15.2 Å². The molecular formula is C16H22ClNO3. The number of amides is 1. The number of hydrogen-bond acceptors (Lipinski definition) is 3. The molecule has 0 bridgehead atoms. The van der Waals surface area contributed by atoms with Crippen LogP contribution in [0.2, 0.25) is 5.02 Å². The van der Waals surface area contributed by atoms with E-state index in [-0.39, 0.29) is 12.3 Å². The van der Waals surface area contributed by atoms with Crippen molar-refractivity contribution in [3.05, 3.63) is 28.8 Å². The van der Waals surface area contributed by atoms with E-state index in [0.29, 0.717) is 30.2 Å². The van der Waals surface area contributed by atoms with Crippen LogP contribution in [-0.2, 0) is 16.1 Å². The lowest BCUT2D eigenvalue weighted by Crippen LogP contribution is -2.36. The number of carbonyl (C=O) groups excluding carboxylic acids is 1. The third kappa shape index (κ3) is 4.43. The van der Waals surface area contributed by atoms with Gasteiger partial charge in [-0.1, -0.05) is 36.9 Å². The average Bonchev–Trinajstić information content (AvgIpc) is 2.43. The van der Waals surface area contributed by atoms with Crippen LogP contribution in [0.4, 0.5) is 5.69 Å². The quantitative estimate of drug-likeness (QED) is 0.875. The van der Waals surface area contributed by atoms with Crippen molar-refractivity contribution in [1.82, 2.24) is 0 Å². The van der Waals surface area contributed by atoms with Crippen molar-refractivity contribution >= 4 is 23.2 Å². The van der Waals surface area contributed by atoms with Crippen LogP contribution >= 0.6 is 11.6 Å². The Balaban J connectivity index is 2.04. The number of benzene rings is 1. The SMILES string of the molecule is COCc1c(Cl)cccc1NC(=O)CC1(O)CCCCC1. The van der Waals surface area contributed by atoms with E-state index in [9.17, 15) is 9.90 Å². The summed E-state index contributed by atoms with van der Waals surface area (Å²) in [6.45, 7) is 0.333. The van der Waals surface area contributed by atoms with Crippen molar-refractivity contribution in [2.45, 2.75) is 50.7 Å². The number of ether oxygens (including phenoxy) is 1. The van der Waals surface area contributed by atoms with Gasteiger partial charge in [-0.25, -0.2) is 0 Å². The Kier molecular flexibility index (Phi) is 5.62. The van der Waals surface area contributed by atoms with E-state index < -0.39 is 5.60 Å². The van der Waals surface area contributed by atoms with Crippen molar-refractivity contribution in [3.8, 4) is 0 Å². The molecule has 0 atom stereocenters. The van der Waals surface area contributed by atoms with Crippen LogP contribution in [0.15, 0.2) is 18.2 Å². The molecule has 0 heterocycles. The molecule has 1 aliphatic carbocycles. The van der Waals surface area contributed by atoms with Crippen molar-refractivity contribution < 1.29 is 14.6 Å². The Labute approximate surface area is 130 Å². The number of hydrogen-bond donors (Lipinski definition) is 2. The molecule has 1 saturated carbocycles. The van der Waals surface area contributed by atoms with E-state index >= 15 is 0 Å². The Morgan fingerprint density at radius 3 is 2.76 bits per heavy atom. The molecule has 21 heavy (non-hydrogen) atoms. The van der Waals surface area contributed by atoms with Gasteiger partial charge in [-0.05, 0) is 25.0 Å². The molecule has 116 valence electrons. The van der Waals surface area contributed by atoms with Crippen LogP contribution in [0.3, 0.4) is 0 Å². The topological polar surface area (TPSA) is 58.6 Å². The maximum atomic E-state index is 12.2. The summed E-state index contributed by atoms with van der Waals surface area (Å²) >= 11 is 6.13. The maximum Gasteiger partial charge on any atom is 0.227 e. The number of halogens is 1. The lowest BCUT2D eigenvalue weighted by molar-refractivity contribution is -0.122. The molecule has 0 aliphatic heterocycles. The molecule has 1 aromatic rings. The summed E-state index contributed by atoms with van der Waals surface area (Å²) in [7, 11) is 1.58. The average molecular weight is 312 g/mol. The number of nitrogens with one attached hydrogen (secondary N) is 1. The Morgan fingerprint density at radius 1 is 1.38 bits per heavy atom. The standard InChI is InChI=1S/C16H22ClNO3/c1-21-11-12-13(17)6-5-7-14(12)18-15(19)10-16(20)8-3-2-4-9-16/h5-7,20H,2-4,8-11H2,1H3,(H,18,19). The predicted molar refractivity (Wildman–Crippen MR) is 83.4 cm³/mol. The summed E-state index contributed by atoms with van der Waals surface area (Å²) in [6.07, 6.45) is 4.62. The summed E-state index contributed by atoms with van der Waals surface area (Å²) < 4.78 is 5.12. The lowest BCUT2D eigenvalue weighted by atomic mass is 9.82. The Morgan fingerprint density at radius 2 is 2.10 bits per heavy atom. The highest BCUT2D eigenvalue weighted by Gasteiger charge is 2.31. The second-order valence-electron chi connectivity index (χ2n) is 5.71. The van der Waals surface area contributed by atoms with Gasteiger partial charge >= 0.3 is 0 Å². The molecule has 0 unspecified atom stereocenters. The van der Waals surface area contributed by atoms with Gasteiger partial charge in [0.05, 0.1) is 18.6 Å². The van der Waals surface area contributed by atoms with Gasteiger partial charge in [0.1, 0.15) is 0 Å². The van der Waals surface area contributed by atoms with Crippen molar-refractivity contribution in [2.75, 3.05) is 12.4 Å². The summed E-state index contributed by atoms with van der Waals surface area (Å²) in [6, 6.07) is 5.34. The summed E-state index contributed by atoms with van der Waals surface area (Å²) in [5.74, 6) is -0.181. The molecule has 1 fully saturated rings. The molecule has 0 aromatic heterocycles. The zero-order valence-corrected chi connectivity index (χ0v) is 13.1. The first-order valence-electron chi connectivity index (χ1n) is 7.33. The van der Waals surface area contributed by atoms with Crippen LogP contribution in [-0.4, -0.2) is 23.7 Å². The number of aliphatic hydroxyl groups is 1. The molecule has 5 heteroatoms. The van der Waals surface area contributed by atoms with Crippen LogP contribution < -0.4 is 5.32 Å². The first kappa shape index (κ1) is 16.3. The number of rotatable bonds is 5. The molecule has 4 nitrogen and oxygen atoms in total. The van der Waals surface area contributed by atoms with Gasteiger partial charge in [-0.15, -0.1) is 0 Å². The van der Waals surface area contributed by atoms with Crippen molar-refractivity contribution in [2.24, 2.45) is 0 Å². The van der Waals surface area contributed by atoms with E-state index in [4.69, 9.17) is 16.3 Å². The highest BCUT2D eigenvalue weighted by Crippen LogP contribution is 2.32. The second kappa shape index (κ2) is 7.25. The lowest BCUT2D eigenvalue weighted by Gasteiger charge is -2.31. The molecule has 0 saturated heterocycles. The van der Waals surface area contributed by atoms with Crippen LogP contribution in [0.1, 0.15) is 44.1 Å². The molecule has 1 aliphatic rings. The van der Waals surface area contributed by atoms with Gasteiger partial charge in [-0.2, -0.15) is 0 Å². The van der Waals surface area contributed by atoms with Crippen molar-refractivity contribution in [1.29, 1.82) is 0 Å². The minimum atomic E-state index is -0.859. The number of methoxy groups -OCH3 is 1. The van der Waals surface area contributed by atoms with Gasteiger partial charge in [0.2, 0.25) is 5.91 Å². The van der Waals surface area contributed by atoms with Gasteiger partial charge in [0.15, 0.2) is 0 Å². The third-order valence-electron chi connectivity index (χ3n) is 3.96. The second-order valence-corrected chi connectivity index (χ2v) is 6.12. The molecule has 1 amide bonds. The van der Waals surface area contributed by atoms with Gasteiger partial charge in [0.25, 0.3) is 0 Å². The predicted octanol–water partition coefficient (Wildman–Crippen LogP) is 3.51. The minimum Gasteiger partial charge on any atom is -0.389 e. The summed E-state index contributed by atoms with van der Waals surface area (Å²) in [5.41, 5.74) is 0.543. The fourth-order valence-corrected chi connectivity index (χ4v) is 3.08. The monoisotopic (exact) mass is 311 g/mol. The first-order chi connectivity index (χ1) is 10.0.